The zero-order chi connectivity index (χ0) is 20.4. The van der Waals surface area contributed by atoms with Crippen LogP contribution in [0.5, 0.6) is 0 Å². The molecule has 1 aromatic carbocycles. The van der Waals surface area contributed by atoms with E-state index in [1.165, 1.54) is 17.3 Å². The number of piperidine rings is 1. The number of carbonyl (C=O) groups excluding carboxylic acids is 1. The molecule has 1 N–H and O–H groups in total. The Labute approximate surface area is 180 Å². The number of hydrogen-bond acceptors (Lipinski definition) is 4. The van der Waals surface area contributed by atoms with Gasteiger partial charge < -0.3 is 14.8 Å². The van der Waals surface area contributed by atoms with Gasteiger partial charge in [0.25, 0.3) is 5.56 Å². The molecule has 7 heteroatoms. The van der Waals surface area contributed by atoms with Crippen molar-refractivity contribution in [3.05, 3.63) is 69.6 Å². The number of nitrogens with one attached hydrogen (secondary N) is 1. The number of carbonyl (C=O) groups is 1. The van der Waals surface area contributed by atoms with Crippen LogP contribution in [0.2, 0.25) is 0 Å². The van der Waals surface area contributed by atoms with E-state index in [-0.39, 0.29) is 11.5 Å². The fraction of sp³-hybridized carbons (Fsp3) is 0.409. The third kappa shape index (κ3) is 4.73. The summed E-state index contributed by atoms with van der Waals surface area (Å²) in [6.45, 7) is 5.01. The van der Waals surface area contributed by atoms with E-state index in [1.807, 2.05) is 41.8 Å². The van der Waals surface area contributed by atoms with Crippen molar-refractivity contribution in [3.63, 3.8) is 0 Å². The van der Waals surface area contributed by atoms with E-state index in [4.69, 9.17) is 12.2 Å². The van der Waals surface area contributed by atoms with E-state index in [0.29, 0.717) is 24.1 Å². The minimum atomic E-state index is -0.00738. The van der Waals surface area contributed by atoms with Crippen LogP contribution in [0.1, 0.15) is 29.2 Å². The lowest BCUT2D eigenvalue weighted by molar-refractivity contribution is -0.118. The number of aryl methyl sites for hydroxylation is 1. The molecule has 1 saturated heterocycles. The highest BCUT2D eigenvalue weighted by Crippen LogP contribution is 2.35. The number of pyridine rings is 1. The van der Waals surface area contributed by atoms with E-state index < -0.39 is 0 Å². The molecule has 1 aromatic heterocycles. The molecule has 2 bridgehead atoms. The molecule has 2 atom stereocenters. The first-order valence-electron chi connectivity index (χ1n) is 9.93. The van der Waals surface area contributed by atoms with E-state index in [9.17, 15) is 9.59 Å². The minimum absolute atomic E-state index is 0.00738. The molecule has 0 saturated carbocycles. The van der Waals surface area contributed by atoms with Crippen molar-refractivity contribution in [2.75, 3.05) is 18.8 Å². The molecular weight excluding hydrogens is 402 g/mol. The maximum Gasteiger partial charge on any atom is 0.250 e. The number of rotatable bonds is 4. The Morgan fingerprint density at radius 2 is 1.97 bits per heavy atom. The number of thiocarbonyl (C=S) groups is 1. The SMILES string of the molecule is Cc1ccc(CNC(=O)CSC(=S)N2CC3CC(C2)c2cccc(=O)n2C3)cc1. The average molecular weight is 428 g/mol. The van der Waals surface area contributed by atoms with Crippen molar-refractivity contribution in [2.45, 2.75) is 32.4 Å². The molecule has 0 aliphatic carbocycles. The Morgan fingerprint density at radius 1 is 1.17 bits per heavy atom. The maximum absolute atomic E-state index is 12.2. The lowest BCUT2D eigenvalue weighted by Crippen LogP contribution is -2.48. The summed E-state index contributed by atoms with van der Waals surface area (Å²) in [6.07, 6.45) is 1.10. The summed E-state index contributed by atoms with van der Waals surface area (Å²) in [4.78, 5) is 26.6. The third-order valence-corrected chi connectivity index (χ3v) is 7.20. The van der Waals surface area contributed by atoms with Gasteiger partial charge in [0.2, 0.25) is 5.91 Å². The number of fused-ring (bicyclic) bond motifs is 4. The standard InChI is InChI=1S/C22H25N3O2S2/c1-15-5-7-16(8-6-15)10-23-20(26)14-29-22(28)24-11-17-9-18(13-24)19-3-2-4-21(27)25(19)12-17/h2-8,17-18H,9-14H2,1H3,(H,23,26). The van der Waals surface area contributed by atoms with E-state index in [0.717, 1.165) is 41.6 Å². The lowest BCUT2D eigenvalue weighted by Gasteiger charge is -2.43. The monoisotopic (exact) mass is 427 g/mol. The second kappa shape index (κ2) is 8.71. The molecule has 2 aromatic rings. The molecule has 1 fully saturated rings. The number of amides is 1. The summed E-state index contributed by atoms with van der Waals surface area (Å²) in [5, 5.41) is 2.96. The van der Waals surface area contributed by atoms with E-state index in [1.54, 1.807) is 6.07 Å². The van der Waals surface area contributed by atoms with Crippen LogP contribution in [-0.4, -0.2) is 38.5 Å². The predicted molar refractivity (Wildman–Crippen MR) is 121 cm³/mol. The first-order chi connectivity index (χ1) is 14.0. The van der Waals surface area contributed by atoms with Gasteiger partial charge in [-0.1, -0.05) is 59.9 Å². The summed E-state index contributed by atoms with van der Waals surface area (Å²) in [6, 6.07) is 13.7. The largest absolute Gasteiger partial charge is 0.356 e. The van der Waals surface area contributed by atoms with Gasteiger partial charge in [0.05, 0.1) is 5.75 Å². The Morgan fingerprint density at radius 3 is 2.76 bits per heavy atom. The number of thioether (sulfide) groups is 1. The highest BCUT2D eigenvalue weighted by Gasteiger charge is 2.35. The molecule has 2 aliphatic rings. The van der Waals surface area contributed by atoms with Gasteiger partial charge in [-0.2, -0.15) is 0 Å². The number of benzene rings is 1. The van der Waals surface area contributed by atoms with Gasteiger partial charge in [-0.3, -0.25) is 9.59 Å². The summed E-state index contributed by atoms with van der Waals surface area (Å²) >= 11 is 7.06. The van der Waals surface area contributed by atoms with Gasteiger partial charge in [-0.15, -0.1) is 0 Å². The van der Waals surface area contributed by atoms with Gasteiger partial charge >= 0.3 is 0 Å². The molecule has 2 unspecified atom stereocenters. The number of hydrogen-bond donors (Lipinski definition) is 1. The van der Waals surface area contributed by atoms with Crippen LogP contribution in [0.15, 0.2) is 47.3 Å². The van der Waals surface area contributed by atoms with Gasteiger partial charge in [0.1, 0.15) is 4.32 Å². The van der Waals surface area contributed by atoms with Crippen LogP contribution >= 0.6 is 24.0 Å². The van der Waals surface area contributed by atoms with Crippen LogP contribution in [0.3, 0.4) is 0 Å². The normalized spacial score (nSPS) is 20.1. The third-order valence-electron chi connectivity index (χ3n) is 5.67. The Hall–Kier alpha value is -2.12. The summed E-state index contributed by atoms with van der Waals surface area (Å²) in [7, 11) is 0. The summed E-state index contributed by atoms with van der Waals surface area (Å²) in [5.41, 5.74) is 3.50. The van der Waals surface area contributed by atoms with Crippen molar-refractivity contribution < 1.29 is 4.79 Å². The van der Waals surface area contributed by atoms with Crippen molar-refractivity contribution >= 4 is 34.2 Å². The highest BCUT2D eigenvalue weighted by atomic mass is 32.2. The molecular formula is C22H25N3O2S2. The number of likely N-dealkylation sites (tertiary alicyclic amines) is 1. The summed E-state index contributed by atoms with van der Waals surface area (Å²) < 4.78 is 2.70. The smallest absolute Gasteiger partial charge is 0.250 e. The van der Waals surface area contributed by atoms with Crippen molar-refractivity contribution in [2.24, 2.45) is 5.92 Å². The quantitative estimate of drug-likeness (QED) is 0.761. The maximum atomic E-state index is 12.2. The molecule has 3 heterocycles. The molecule has 29 heavy (non-hydrogen) atoms. The Kier molecular flexibility index (Phi) is 6.06. The van der Waals surface area contributed by atoms with Gasteiger partial charge in [0, 0.05) is 43.9 Å². The number of nitrogens with zero attached hydrogens (tertiary/aromatic N) is 2. The van der Waals surface area contributed by atoms with Gasteiger partial charge in [0.15, 0.2) is 0 Å². The molecule has 2 aliphatic heterocycles. The molecule has 1 amide bonds. The van der Waals surface area contributed by atoms with Crippen LogP contribution < -0.4 is 10.9 Å². The van der Waals surface area contributed by atoms with Crippen LogP contribution in [-0.2, 0) is 17.9 Å². The zero-order valence-corrected chi connectivity index (χ0v) is 18.1. The first-order valence-corrected chi connectivity index (χ1v) is 11.3. The molecule has 5 nitrogen and oxygen atoms in total. The van der Waals surface area contributed by atoms with Crippen molar-refractivity contribution in [1.29, 1.82) is 0 Å². The first kappa shape index (κ1) is 20.2. The van der Waals surface area contributed by atoms with E-state index >= 15 is 0 Å². The zero-order valence-electron chi connectivity index (χ0n) is 16.5. The predicted octanol–water partition coefficient (Wildman–Crippen LogP) is 2.91. The lowest BCUT2D eigenvalue weighted by atomic mass is 9.83. The van der Waals surface area contributed by atoms with Gasteiger partial charge in [-0.05, 0) is 30.9 Å². The summed E-state index contributed by atoms with van der Waals surface area (Å²) in [5.74, 6) is 1.07. The highest BCUT2D eigenvalue weighted by molar-refractivity contribution is 8.23. The topological polar surface area (TPSA) is 54.3 Å². The molecule has 152 valence electrons. The van der Waals surface area contributed by atoms with Gasteiger partial charge in [-0.25, -0.2) is 0 Å². The average Bonchev–Trinajstić information content (AvgIpc) is 2.72. The van der Waals surface area contributed by atoms with Crippen molar-refractivity contribution in [3.8, 4) is 0 Å². The minimum Gasteiger partial charge on any atom is -0.356 e. The van der Waals surface area contributed by atoms with Crippen LogP contribution in [0.25, 0.3) is 0 Å². The fourth-order valence-electron chi connectivity index (χ4n) is 4.22. The molecule has 0 radical (unpaired) electrons. The van der Waals surface area contributed by atoms with Crippen LogP contribution in [0, 0.1) is 12.8 Å². The molecule has 0 spiro atoms. The van der Waals surface area contributed by atoms with Crippen LogP contribution in [0.4, 0.5) is 0 Å². The fourth-order valence-corrected chi connectivity index (χ4v) is 5.24. The van der Waals surface area contributed by atoms with Crippen molar-refractivity contribution in [1.82, 2.24) is 14.8 Å². The second-order valence-corrected chi connectivity index (χ2v) is 9.53. The Balaban J connectivity index is 1.29. The Bertz CT molecular complexity index is 971. The van der Waals surface area contributed by atoms with E-state index in [2.05, 4.69) is 16.3 Å². The molecule has 4 rings (SSSR count). The second-order valence-electron chi connectivity index (χ2n) is 7.92. The number of aromatic nitrogens is 1.